The summed E-state index contributed by atoms with van der Waals surface area (Å²) in [6.07, 6.45) is -13.2. The molecule has 0 amide bonds. The zero-order valence-electron chi connectivity index (χ0n) is 4.83. The molecule has 0 bridgehead atoms. The zero-order valence-corrected chi connectivity index (χ0v) is 6.99. The molecule has 9 heteroatoms. The van der Waals surface area contributed by atoms with Crippen molar-refractivity contribution in [3.63, 3.8) is 0 Å². The van der Waals surface area contributed by atoms with Crippen LogP contribution in [0.4, 0.5) is 35.1 Å². The van der Waals surface area contributed by atoms with Crippen molar-refractivity contribution in [2.24, 2.45) is 0 Å². The first-order chi connectivity index (χ1) is 4.50. The molecule has 0 aromatic rings. The summed E-state index contributed by atoms with van der Waals surface area (Å²) in [5.41, 5.74) is 0. The smallest absolute Gasteiger partial charge is 0.186 e. The van der Waals surface area contributed by atoms with E-state index in [1.165, 1.54) is 0 Å². The van der Waals surface area contributed by atoms with Gasteiger partial charge in [0.2, 0.25) is 0 Å². The van der Waals surface area contributed by atoms with Gasteiger partial charge in [-0.2, -0.15) is 35.1 Å². The van der Waals surface area contributed by atoms with E-state index in [-0.39, 0.29) is 22.4 Å². The second-order valence-electron chi connectivity index (χ2n) is 1.57. The minimum absolute atomic E-state index is 0. The Balaban J connectivity index is 0. The third-order valence-electron chi connectivity index (χ3n) is 0.712. The molecule has 0 rings (SSSR count). The molecule has 0 heterocycles. The van der Waals surface area contributed by atoms with E-state index in [0.717, 1.165) is 0 Å². The number of halogens is 8. The molecular formula is C3AuF8. The molecule has 0 aliphatic heterocycles. The van der Waals surface area contributed by atoms with Crippen LogP contribution in [-0.4, -0.2) is 18.3 Å². The fraction of sp³-hybridized carbons (Fsp3) is 1.00. The third kappa shape index (κ3) is 2.60. The molecule has 0 saturated heterocycles. The van der Waals surface area contributed by atoms with E-state index in [1.54, 1.807) is 0 Å². The number of alkyl halides is 8. The average Bonchev–Trinajstić information content (AvgIpc) is 1.58. The van der Waals surface area contributed by atoms with Gasteiger partial charge in [-0.25, -0.2) is 0 Å². The predicted octanol–water partition coefficient (Wildman–Crippen LogP) is 2.74. The number of hydrogen-bond acceptors (Lipinski definition) is 0. The minimum Gasteiger partial charge on any atom is -0.186 e. The first-order valence-corrected chi connectivity index (χ1v) is 2.01. The van der Waals surface area contributed by atoms with Crippen LogP contribution in [0.2, 0.25) is 0 Å². The Morgan fingerprint density at radius 1 is 0.500 bits per heavy atom. The van der Waals surface area contributed by atoms with Crippen molar-refractivity contribution in [1.29, 1.82) is 0 Å². The molecule has 79 valence electrons. The molecule has 0 nitrogen and oxygen atoms in total. The first-order valence-electron chi connectivity index (χ1n) is 2.01. The van der Waals surface area contributed by atoms with Crippen LogP contribution in [0.15, 0.2) is 0 Å². The first kappa shape index (κ1) is 14.7. The van der Waals surface area contributed by atoms with Crippen LogP contribution in [0.1, 0.15) is 0 Å². The molecule has 0 aromatic heterocycles. The Bertz CT molecular complexity index is 125. The Kier molecular flexibility index (Phi) is 4.29. The van der Waals surface area contributed by atoms with Gasteiger partial charge < -0.3 is 0 Å². The minimum atomic E-state index is -6.62. The van der Waals surface area contributed by atoms with Crippen LogP contribution in [0.3, 0.4) is 0 Å². The molecular weight excluding hydrogens is 385 g/mol. The largest absolute Gasteiger partial charge is 0.463 e. The Morgan fingerprint density at radius 3 is 0.667 bits per heavy atom. The summed E-state index contributed by atoms with van der Waals surface area (Å²) in [7, 11) is 0. The summed E-state index contributed by atoms with van der Waals surface area (Å²) in [6, 6.07) is 0. The van der Waals surface area contributed by atoms with Crippen LogP contribution in [-0.2, 0) is 22.4 Å². The van der Waals surface area contributed by atoms with Gasteiger partial charge in [-0.3, -0.25) is 0 Å². The molecule has 0 unspecified atom stereocenters. The molecule has 0 aromatic carbocycles. The van der Waals surface area contributed by atoms with E-state index >= 15 is 0 Å². The summed E-state index contributed by atoms with van der Waals surface area (Å²) in [5.74, 6) is -6.62. The Labute approximate surface area is 76.4 Å². The number of rotatable bonds is 0. The molecule has 0 N–H and O–H groups in total. The molecule has 0 spiro atoms. The third-order valence-corrected chi connectivity index (χ3v) is 0.712. The van der Waals surface area contributed by atoms with Crippen LogP contribution in [0.5, 0.6) is 0 Å². The molecule has 0 atom stereocenters. The van der Waals surface area contributed by atoms with Crippen molar-refractivity contribution in [1.82, 2.24) is 0 Å². The molecule has 0 aliphatic carbocycles. The zero-order chi connectivity index (χ0) is 9.50. The molecule has 1 radical (unpaired) electrons. The van der Waals surface area contributed by atoms with Gasteiger partial charge >= 0.3 is 18.3 Å². The van der Waals surface area contributed by atoms with Crippen LogP contribution >= 0.6 is 0 Å². The summed E-state index contributed by atoms with van der Waals surface area (Å²) >= 11 is 0. The van der Waals surface area contributed by atoms with Gasteiger partial charge in [0.05, 0.1) is 0 Å². The molecule has 12 heavy (non-hydrogen) atoms. The topological polar surface area (TPSA) is 0 Å². The molecule has 0 fully saturated rings. The Hall–Kier alpha value is 0.180. The van der Waals surface area contributed by atoms with Gasteiger partial charge in [0, 0.05) is 22.4 Å². The Morgan fingerprint density at radius 2 is 0.667 bits per heavy atom. The summed E-state index contributed by atoms with van der Waals surface area (Å²) < 4.78 is 87.5. The summed E-state index contributed by atoms with van der Waals surface area (Å²) in [5, 5.41) is 0. The van der Waals surface area contributed by atoms with Crippen molar-refractivity contribution < 1.29 is 57.5 Å². The number of hydrogen-bond donors (Lipinski definition) is 0. The predicted molar refractivity (Wildman–Crippen MR) is 17.1 cm³/mol. The maximum atomic E-state index is 11.2. The van der Waals surface area contributed by atoms with Gasteiger partial charge in [-0.1, -0.05) is 0 Å². The van der Waals surface area contributed by atoms with E-state index in [9.17, 15) is 35.1 Å². The van der Waals surface area contributed by atoms with Gasteiger partial charge in [-0.15, -0.1) is 0 Å². The van der Waals surface area contributed by atoms with E-state index in [2.05, 4.69) is 0 Å². The van der Waals surface area contributed by atoms with Gasteiger partial charge in [0.1, 0.15) is 0 Å². The second kappa shape index (κ2) is 3.51. The normalized spacial score (nSPS) is 14.0. The van der Waals surface area contributed by atoms with Crippen LogP contribution in [0, 0.1) is 0 Å². The van der Waals surface area contributed by atoms with E-state index in [1.807, 2.05) is 0 Å². The van der Waals surface area contributed by atoms with Crippen LogP contribution in [0.25, 0.3) is 0 Å². The monoisotopic (exact) mass is 385 g/mol. The van der Waals surface area contributed by atoms with E-state index < -0.39 is 18.3 Å². The summed E-state index contributed by atoms with van der Waals surface area (Å²) in [6.45, 7) is 0. The summed E-state index contributed by atoms with van der Waals surface area (Å²) in [4.78, 5) is 0. The van der Waals surface area contributed by atoms with Crippen LogP contribution < -0.4 is 0 Å². The van der Waals surface area contributed by atoms with Gasteiger partial charge in [0.15, 0.2) is 0 Å². The van der Waals surface area contributed by atoms with Crippen molar-refractivity contribution in [3.05, 3.63) is 0 Å². The second-order valence-corrected chi connectivity index (χ2v) is 1.57. The maximum Gasteiger partial charge on any atom is 0.463 e. The molecule has 0 saturated carbocycles. The van der Waals surface area contributed by atoms with Crippen molar-refractivity contribution >= 4 is 0 Å². The van der Waals surface area contributed by atoms with E-state index in [4.69, 9.17) is 0 Å². The van der Waals surface area contributed by atoms with Gasteiger partial charge in [0.25, 0.3) is 0 Å². The van der Waals surface area contributed by atoms with Crippen molar-refractivity contribution in [2.75, 3.05) is 0 Å². The van der Waals surface area contributed by atoms with Crippen molar-refractivity contribution in [3.8, 4) is 0 Å². The quantitative estimate of drug-likeness (QED) is 0.445. The maximum absolute atomic E-state index is 11.2. The average molecular weight is 385 g/mol. The van der Waals surface area contributed by atoms with Crippen molar-refractivity contribution in [2.45, 2.75) is 18.3 Å². The SMILES string of the molecule is FC(F)(F)C(F)(F)C(F)(F)F.[Au]. The fourth-order valence-electron chi connectivity index (χ4n) is 0.161. The van der Waals surface area contributed by atoms with Gasteiger partial charge in [-0.05, 0) is 0 Å². The standard InChI is InChI=1S/C3F8.Au/c4-1(5,2(6,7)8)3(9,10)11;. The van der Waals surface area contributed by atoms with E-state index in [0.29, 0.717) is 0 Å². The fourth-order valence-corrected chi connectivity index (χ4v) is 0.161. The molecule has 0 aliphatic rings.